The number of amides is 3. The second kappa shape index (κ2) is 9.37. The monoisotopic (exact) mass is 448 g/mol. The third kappa shape index (κ3) is 6.79. The molecular formula is C22H28N2O8. The molecule has 0 saturated carbocycles. The van der Waals surface area contributed by atoms with Gasteiger partial charge in [0, 0.05) is 0 Å². The number of fused-ring (bicyclic) bond motifs is 1. The Balaban J connectivity index is 2.02. The number of rotatable bonds is 6. The summed E-state index contributed by atoms with van der Waals surface area (Å²) in [6, 6.07) is 4.87. The first kappa shape index (κ1) is 24.8. The molecule has 174 valence electrons. The number of imide groups is 1. The van der Waals surface area contributed by atoms with Crippen LogP contribution < -0.4 is 5.32 Å². The van der Waals surface area contributed by atoms with Crippen LogP contribution in [0.4, 0.5) is 4.79 Å². The molecule has 1 aliphatic heterocycles. The Morgan fingerprint density at radius 3 is 1.88 bits per heavy atom. The highest BCUT2D eigenvalue weighted by atomic mass is 16.7. The summed E-state index contributed by atoms with van der Waals surface area (Å²) in [6.45, 7) is 9.96. The van der Waals surface area contributed by atoms with E-state index in [1.807, 2.05) is 0 Å². The molecular weight excluding hydrogens is 420 g/mol. The maximum Gasteiger partial charge on any atom is 0.408 e. The second-order valence-corrected chi connectivity index (χ2v) is 9.18. The number of carbonyl (C=O) groups excluding carboxylic acids is 5. The van der Waals surface area contributed by atoms with Gasteiger partial charge in [-0.25, -0.2) is 14.4 Å². The average molecular weight is 448 g/mol. The quantitative estimate of drug-likeness (QED) is 0.520. The Labute approximate surface area is 186 Å². The van der Waals surface area contributed by atoms with Crippen molar-refractivity contribution < 1.29 is 38.3 Å². The van der Waals surface area contributed by atoms with Gasteiger partial charge in [0.1, 0.15) is 17.2 Å². The largest absolute Gasteiger partial charge is 0.458 e. The van der Waals surface area contributed by atoms with Gasteiger partial charge in [-0.2, -0.15) is 0 Å². The summed E-state index contributed by atoms with van der Waals surface area (Å²) < 4.78 is 10.4. The van der Waals surface area contributed by atoms with E-state index in [1.165, 1.54) is 12.1 Å². The van der Waals surface area contributed by atoms with Crippen molar-refractivity contribution in [2.24, 2.45) is 0 Å². The van der Waals surface area contributed by atoms with Crippen molar-refractivity contribution in [3.05, 3.63) is 35.4 Å². The lowest BCUT2D eigenvalue weighted by Gasteiger charge is -2.26. The smallest absolute Gasteiger partial charge is 0.408 e. The van der Waals surface area contributed by atoms with Gasteiger partial charge in [-0.3, -0.25) is 9.59 Å². The summed E-state index contributed by atoms with van der Waals surface area (Å²) in [4.78, 5) is 66.5. The molecule has 32 heavy (non-hydrogen) atoms. The number of hydrogen-bond donors (Lipinski definition) is 1. The second-order valence-electron chi connectivity index (χ2n) is 9.18. The normalized spacial score (nSPS) is 14.5. The molecule has 2 rings (SSSR count). The molecule has 1 N–H and O–H groups in total. The minimum absolute atomic E-state index is 0.128. The minimum atomic E-state index is -1.21. The van der Waals surface area contributed by atoms with Crippen LogP contribution in [0, 0.1) is 0 Å². The topological polar surface area (TPSA) is 128 Å². The molecule has 0 fully saturated rings. The van der Waals surface area contributed by atoms with Crippen molar-refractivity contribution in [1.82, 2.24) is 10.4 Å². The zero-order chi connectivity index (χ0) is 24.3. The van der Waals surface area contributed by atoms with Crippen molar-refractivity contribution in [3.8, 4) is 0 Å². The van der Waals surface area contributed by atoms with Crippen LogP contribution in [0.5, 0.6) is 0 Å². The molecule has 0 unspecified atom stereocenters. The number of esters is 1. The van der Waals surface area contributed by atoms with E-state index < -0.39 is 47.1 Å². The Bertz CT molecular complexity index is 892. The number of carbonyl (C=O) groups is 5. The molecule has 0 aliphatic carbocycles. The molecule has 3 amide bonds. The number of ether oxygens (including phenoxy) is 2. The van der Waals surface area contributed by atoms with Gasteiger partial charge in [-0.1, -0.05) is 17.2 Å². The molecule has 10 heteroatoms. The first-order valence-corrected chi connectivity index (χ1v) is 10.1. The number of nitrogens with zero attached hydrogens (tertiary/aromatic N) is 1. The van der Waals surface area contributed by atoms with Crippen molar-refractivity contribution in [2.75, 3.05) is 0 Å². The van der Waals surface area contributed by atoms with Gasteiger partial charge in [-0.05, 0) is 60.1 Å². The molecule has 1 atom stereocenters. The van der Waals surface area contributed by atoms with Crippen LogP contribution in [0.2, 0.25) is 0 Å². The number of alkyl carbamates (subject to hydrolysis) is 1. The Kier molecular flexibility index (Phi) is 7.27. The standard InChI is InChI=1S/C22H28N2O8/c1-21(2,3)30-19(28)15(23-20(29)31-22(4,5)6)11-12-16(25)32-24-17(26)13-9-7-8-10-14(13)18(24)27/h7-10,15H,11-12H2,1-6H3,(H,23,29)/t15-/m0/s1. The van der Waals surface area contributed by atoms with E-state index in [-0.39, 0.29) is 24.0 Å². The van der Waals surface area contributed by atoms with Gasteiger partial charge in [-0.15, -0.1) is 0 Å². The highest BCUT2D eigenvalue weighted by molar-refractivity contribution is 6.20. The van der Waals surface area contributed by atoms with Gasteiger partial charge in [0.05, 0.1) is 17.5 Å². The lowest BCUT2D eigenvalue weighted by molar-refractivity contribution is -0.169. The first-order chi connectivity index (χ1) is 14.7. The lowest BCUT2D eigenvalue weighted by atomic mass is 10.1. The molecule has 0 spiro atoms. The zero-order valence-electron chi connectivity index (χ0n) is 19.0. The fourth-order valence-corrected chi connectivity index (χ4v) is 2.73. The number of hydrogen-bond acceptors (Lipinski definition) is 8. The van der Waals surface area contributed by atoms with Crippen LogP contribution in [0.3, 0.4) is 0 Å². The SMILES string of the molecule is CC(C)(C)OC(=O)N[C@@H](CCC(=O)ON1C(=O)c2ccccc2C1=O)C(=O)OC(C)(C)C. The third-order valence-corrected chi connectivity index (χ3v) is 3.97. The highest BCUT2D eigenvalue weighted by Crippen LogP contribution is 2.23. The molecule has 1 heterocycles. The summed E-state index contributed by atoms with van der Waals surface area (Å²) in [5.41, 5.74) is -1.37. The van der Waals surface area contributed by atoms with E-state index in [0.29, 0.717) is 5.06 Å². The van der Waals surface area contributed by atoms with Crippen molar-refractivity contribution >= 4 is 29.8 Å². The minimum Gasteiger partial charge on any atom is -0.458 e. The van der Waals surface area contributed by atoms with Gasteiger partial charge >= 0.3 is 18.0 Å². The Hall–Kier alpha value is -3.43. The summed E-state index contributed by atoms with van der Waals surface area (Å²) in [7, 11) is 0. The summed E-state index contributed by atoms with van der Waals surface area (Å²) >= 11 is 0. The van der Waals surface area contributed by atoms with Crippen LogP contribution in [0.1, 0.15) is 75.1 Å². The van der Waals surface area contributed by atoms with Crippen molar-refractivity contribution in [2.45, 2.75) is 71.6 Å². The molecule has 1 aromatic carbocycles. The van der Waals surface area contributed by atoms with Crippen LogP contribution >= 0.6 is 0 Å². The summed E-state index contributed by atoms with van der Waals surface area (Å²) in [6.07, 6.45) is -1.44. The Morgan fingerprint density at radius 2 is 1.41 bits per heavy atom. The molecule has 0 aromatic heterocycles. The van der Waals surface area contributed by atoms with E-state index in [2.05, 4.69) is 5.32 Å². The number of hydroxylamine groups is 2. The van der Waals surface area contributed by atoms with Crippen LogP contribution in [-0.2, 0) is 23.9 Å². The Morgan fingerprint density at radius 1 is 0.906 bits per heavy atom. The van der Waals surface area contributed by atoms with Crippen LogP contribution in [0.25, 0.3) is 0 Å². The summed E-state index contributed by atoms with van der Waals surface area (Å²) in [5.74, 6) is -3.21. The van der Waals surface area contributed by atoms with Gasteiger partial charge < -0.3 is 19.6 Å². The van der Waals surface area contributed by atoms with Crippen molar-refractivity contribution in [3.63, 3.8) is 0 Å². The molecule has 10 nitrogen and oxygen atoms in total. The maximum absolute atomic E-state index is 12.5. The van der Waals surface area contributed by atoms with Gasteiger partial charge in [0.15, 0.2) is 0 Å². The van der Waals surface area contributed by atoms with Gasteiger partial charge in [0.2, 0.25) is 0 Å². The maximum atomic E-state index is 12.5. The lowest BCUT2D eigenvalue weighted by Crippen LogP contribution is -2.46. The number of benzene rings is 1. The molecule has 0 saturated heterocycles. The predicted octanol–water partition coefficient (Wildman–Crippen LogP) is 2.76. The zero-order valence-corrected chi connectivity index (χ0v) is 19.0. The molecule has 0 bridgehead atoms. The van der Waals surface area contributed by atoms with E-state index in [1.54, 1.807) is 53.7 Å². The fraction of sp³-hybridized carbons (Fsp3) is 0.500. The molecule has 1 aliphatic rings. The van der Waals surface area contributed by atoms with E-state index >= 15 is 0 Å². The van der Waals surface area contributed by atoms with Gasteiger partial charge in [0.25, 0.3) is 11.8 Å². The number of nitrogens with one attached hydrogen (secondary N) is 1. The van der Waals surface area contributed by atoms with E-state index in [4.69, 9.17) is 14.3 Å². The highest BCUT2D eigenvalue weighted by Gasteiger charge is 2.39. The fourth-order valence-electron chi connectivity index (χ4n) is 2.73. The average Bonchev–Trinajstić information content (AvgIpc) is 2.87. The van der Waals surface area contributed by atoms with Crippen molar-refractivity contribution in [1.29, 1.82) is 0 Å². The van der Waals surface area contributed by atoms with Crippen LogP contribution in [0.15, 0.2) is 24.3 Å². The van der Waals surface area contributed by atoms with E-state index in [0.717, 1.165) is 0 Å². The predicted molar refractivity (Wildman–Crippen MR) is 111 cm³/mol. The summed E-state index contributed by atoms with van der Waals surface area (Å²) in [5, 5.41) is 2.77. The first-order valence-electron chi connectivity index (χ1n) is 10.1. The van der Waals surface area contributed by atoms with E-state index in [9.17, 15) is 24.0 Å². The van der Waals surface area contributed by atoms with Crippen LogP contribution in [-0.4, -0.2) is 52.2 Å². The third-order valence-electron chi connectivity index (χ3n) is 3.97. The molecule has 0 radical (unpaired) electrons. The molecule has 1 aromatic rings.